The van der Waals surface area contributed by atoms with Gasteiger partial charge in [0, 0.05) is 119 Å². The molecule has 3 aromatic heterocycles. The van der Waals surface area contributed by atoms with Crippen LogP contribution in [0, 0.1) is 23.7 Å². The van der Waals surface area contributed by atoms with Crippen molar-refractivity contribution in [1.82, 2.24) is 19.9 Å². The van der Waals surface area contributed by atoms with E-state index in [1.807, 2.05) is 36.4 Å². The zero-order valence-electron chi connectivity index (χ0n) is 45.4. The number of carboxylic acids is 2. The van der Waals surface area contributed by atoms with Crippen molar-refractivity contribution >= 4 is 57.9 Å². The number of pyridine rings is 2. The molecule has 4 saturated heterocycles. The molecule has 76 heavy (non-hydrogen) atoms. The molecule has 4 aromatic rings. The van der Waals surface area contributed by atoms with Crippen LogP contribution < -0.4 is 38.5 Å². The molecule has 4 fully saturated rings. The van der Waals surface area contributed by atoms with Crippen LogP contribution in [0.2, 0.25) is 10.0 Å². The Hall–Kier alpha value is -5.56. The van der Waals surface area contributed by atoms with Crippen molar-refractivity contribution in [2.75, 3.05) is 86.3 Å². The average molecular weight is 1090 g/mol. The highest BCUT2D eigenvalue weighted by atomic mass is 35.5. The Bertz CT molecular complexity index is 2310. The molecule has 0 aliphatic carbocycles. The first-order valence-electron chi connectivity index (χ1n) is 26.9. The van der Waals surface area contributed by atoms with E-state index in [-0.39, 0.29) is 67.1 Å². The number of hydrogen-bond donors (Lipinski definition) is 2. The molecule has 7 heterocycles. The van der Waals surface area contributed by atoms with E-state index in [1.165, 1.54) is 0 Å². The Balaban J connectivity index is 0.000000221. The Morgan fingerprint density at radius 1 is 0.605 bits per heavy atom. The molecule has 0 saturated carbocycles. The van der Waals surface area contributed by atoms with Gasteiger partial charge in [-0.25, -0.2) is 19.9 Å². The highest BCUT2D eigenvalue weighted by molar-refractivity contribution is 6.33. The number of anilines is 4. The highest BCUT2D eigenvalue weighted by Crippen LogP contribution is 2.38. The van der Waals surface area contributed by atoms with Crippen molar-refractivity contribution in [3.8, 4) is 23.5 Å². The van der Waals surface area contributed by atoms with Crippen molar-refractivity contribution in [3.63, 3.8) is 0 Å². The molecule has 0 amide bonds. The summed E-state index contributed by atoms with van der Waals surface area (Å²) in [6, 6.07) is 11.8. The Kier molecular flexibility index (Phi) is 21.2. The number of piperidine rings is 2. The van der Waals surface area contributed by atoms with Gasteiger partial charge in [0.15, 0.2) is 0 Å². The first-order valence-corrected chi connectivity index (χ1v) is 27.7. The van der Waals surface area contributed by atoms with E-state index in [2.05, 4.69) is 81.1 Å². The van der Waals surface area contributed by atoms with Gasteiger partial charge in [-0.3, -0.25) is 9.59 Å². The van der Waals surface area contributed by atoms with Crippen LogP contribution >= 0.6 is 23.2 Å². The van der Waals surface area contributed by atoms with E-state index in [4.69, 9.17) is 51.6 Å². The van der Waals surface area contributed by atoms with Gasteiger partial charge in [0.05, 0.1) is 91.2 Å². The summed E-state index contributed by atoms with van der Waals surface area (Å²) in [6.07, 6.45) is 12.7. The van der Waals surface area contributed by atoms with E-state index >= 15 is 0 Å². The van der Waals surface area contributed by atoms with Crippen molar-refractivity contribution in [3.05, 3.63) is 71.2 Å². The predicted octanol–water partition coefficient (Wildman–Crippen LogP) is 9.83. The number of aliphatic carboxylic acids is 2. The van der Waals surface area contributed by atoms with Gasteiger partial charge in [0.2, 0.25) is 11.8 Å². The Morgan fingerprint density at radius 2 is 1.05 bits per heavy atom. The lowest BCUT2D eigenvalue weighted by atomic mass is 9.96. The third-order valence-electron chi connectivity index (χ3n) is 15.4. The smallest absolute Gasteiger partial charge is 0.316 e. The first kappa shape index (κ1) is 58.1. The zero-order valence-corrected chi connectivity index (χ0v) is 46.9. The first-order chi connectivity index (χ1) is 36.6. The topological polar surface area (TPSA) is 194 Å². The molecule has 1 aromatic carbocycles. The number of aromatic nitrogens is 4. The van der Waals surface area contributed by atoms with Gasteiger partial charge in [0.1, 0.15) is 18.0 Å². The molecule has 2 N–H and O–H groups in total. The maximum absolute atomic E-state index is 11.6. The number of rotatable bonds is 22. The maximum Gasteiger partial charge on any atom is 0.316 e. The second-order valence-corrected chi connectivity index (χ2v) is 21.5. The van der Waals surface area contributed by atoms with Crippen molar-refractivity contribution < 1.29 is 48.2 Å². The summed E-state index contributed by atoms with van der Waals surface area (Å²) < 4.78 is 35.4. The minimum atomic E-state index is -0.825. The van der Waals surface area contributed by atoms with Crippen LogP contribution in [0.4, 0.5) is 22.7 Å². The van der Waals surface area contributed by atoms with Crippen molar-refractivity contribution in [1.29, 1.82) is 0 Å². The van der Waals surface area contributed by atoms with Gasteiger partial charge in [-0.2, -0.15) is 0 Å². The van der Waals surface area contributed by atoms with E-state index < -0.39 is 11.9 Å². The van der Waals surface area contributed by atoms with Gasteiger partial charge >= 0.3 is 17.9 Å². The lowest BCUT2D eigenvalue weighted by Crippen LogP contribution is -2.44. The Morgan fingerprint density at radius 3 is 1.47 bits per heavy atom. The maximum atomic E-state index is 11.6. The van der Waals surface area contributed by atoms with Gasteiger partial charge in [-0.15, -0.1) is 0 Å². The van der Waals surface area contributed by atoms with Gasteiger partial charge in [-0.05, 0) is 37.1 Å². The molecule has 4 aliphatic rings. The molecule has 4 aliphatic heterocycles. The van der Waals surface area contributed by atoms with Gasteiger partial charge < -0.3 is 58.2 Å². The molecule has 0 spiro atoms. The highest BCUT2D eigenvalue weighted by Gasteiger charge is 2.42. The lowest BCUT2D eigenvalue weighted by molar-refractivity contribution is -0.138. The molecular formula is C56H78Cl2N8O10. The number of hydrogen-bond acceptors (Lipinski definition) is 16. The zero-order chi connectivity index (χ0) is 54.5. The molecule has 0 bridgehead atoms. The molecule has 0 radical (unpaired) electrons. The third kappa shape index (κ3) is 14.9. The molecule has 2 unspecified atom stereocenters. The second kappa shape index (κ2) is 27.7. The van der Waals surface area contributed by atoms with Crippen molar-refractivity contribution in [2.24, 2.45) is 23.7 Å². The molecular weight excluding hydrogens is 1020 g/mol. The minimum absolute atomic E-state index is 0.0262. The molecule has 18 nitrogen and oxygen atoms in total. The summed E-state index contributed by atoms with van der Waals surface area (Å²) in [6.45, 7) is 18.6. The summed E-state index contributed by atoms with van der Waals surface area (Å²) in [5, 5.41) is 20.2. The summed E-state index contributed by atoms with van der Waals surface area (Å²) >= 11 is 12.8. The standard InChI is InChI=1S/C29H40ClN3O5.C27H38ClN5O5/c1-5-6-13-37-27-18-33(24(20(27)3)15-29(34)35)21-7-9-22(10-8-21)38-26-11-12-32(17-19(26)2)25-14-28(36-4)31-16-23(25)30;1-5-6-9-37-24-16-33(21(18(24)3)11-26(34)35)19-12-30-27(31-13-19)38-23-7-8-32(15-17(23)2)22-10-25(36-4)29-14-20(22)28/h7-10,14,16,19-20,24,26-27H,5-6,11-13,15,17-18H2,1-4H3,(H,34,35);10,12-14,17-18,21,23-24H,5-9,11,15-16H2,1-4H3,(H,34,35)/t19?,20-,24-,26?,27-;17-,18+,21+,23-,24+/m01/s1. The van der Waals surface area contributed by atoms with Gasteiger partial charge in [-0.1, -0.05) is 77.6 Å². The second-order valence-electron chi connectivity index (χ2n) is 20.7. The van der Waals surface area contributed by atoms with Gasteiger partial charge in [0.25, 0.3) is 0 Å². The fraction of sp³-hybridized carbons (Fsp3) is 0.607. The minimum Gasteiger partial charge on any atom is -0.490 e. The van der Waals surface area contributed by atoms with Crippen molar-refractivity contribution in [2.45, 2.75) is 129 Å². The number of carboxylic acid groups (broad SMARTS) is 2. The molecule has 10 atom stereocenters. The number of halogens is 2. The monoisotopic (exact) mass is 1090 g/mol. The number of benzene rings is 1. The van der Waals surface area contributed by atoms with E-state index in [9.17, 15) is 19.8 Å². The van der Waals surface area contributed by atoms with E-state index in [0.29, 0.717) is 60.0 Å². The molecule has 8 rings (SSSR count). The van der Waals surface area contributed by atoms with Crippen LogP contribution in [0.25, 0.3) is 0 Å². The Labute approximate surface area is 458 Å². The summed E-state index contributed by atoms with van der Waals surface area (Å²) in [7, 11) is 3.19. The van der Waals surface area contributed by atoms with E-state index in [1.54, 1.807) is 39.0 Å². The summed E-state index contributed by atoms with van der Waals surface area (Å²) in [4.78, 5) is 49.2. The predicted molar refractivity (Wildman–Crippen MR) is 295 cm³/mol. The fourth-order valence-electron chi connectivity index (χ4n) is 10.9. The number of carbonyl (C=O) groups is 2. The van der Waals surface area contributed by atoms with Crippen LogP contribution in [0.5, 0.6) is 23.5 Å². The quantitative estimate of drug-likeness (QED) is 0.0705. The van der Waals surface area contributed by atoms with Crippen LogP contribution in [-0.2, 0) is 19.1 Å². The number of nitrogens with zero attached hydrogens (tertiary/aromatic N) is 8. The molecule has 20 heteroatoms. The van der Waals surface area contributed by atoms with E-state index in [0.717, 1.165) is 93.2 Å². The van der Waals surface area contributed by atoms with Crippen LogP contribution in [-0.4, -0.2) is 145 Å². The fourth-order valence-corrected chi connectivity index (χ4v) is 11.3. The number of unbranched alkanes of at least 4 members (excludes halogenated alkanes) is 2. The normalized spacial score (nSPS) is 25.4. The van der Waals surface area contributed by atoms with Crippen LogP contribution in [0.1, 0.15) is 92.9 Å². The SMILES string of the molecule is CCCCO[C@H]1CN(c2ccc(OC3CCN(c4cc(OC)ncc4Cl)CC3C)cc2)[C@@H](CC(=O)O)[C@@H]1C.CCCCO[C@H]1CN(c2cnc(O[C@@H]3CCN(c4cc(OC)ncc4Cl)C[C@H]3C)nc2)[C@@H](CC(=O)O)[C@@H]1C. The largest absolute Gasteiger partial charge is 0.490 e. The average Bonchev–Trinajstić information content (AvgIpc) is 3.88. The number of methoxy groups -OCH3 is 2. The summed E-state index contributed by atoms with van der Waals surface area (Å²) in [5.41, 5.74) is 3.61. The lowest BCUT2D eigenvalue weighted by Gasteiger charge is -2.38. The third-order valence-corrected chi connectivity index (χ3v) is 16.0. The van der Waals surface area contributed by atoms with Crippen LogP contribution in [0.3, 0.4) is 0 Å². The summed E-state index contributed by atoms with van der Waals surface area (Å²) in [5.74, 6) is 1.01. The molecule has 416 valence electrons. The number of ether oxygens (including phenoxy) is 6. The van der Waals surface area contributed by atoms with Crippen LogP contribution in [0.15, 0.2) is 61.2 Å².